The van der Waals surface area contributed by atoms with Crippen LogP contribution in [0.2, 0.25) is 0 Å². The van der Waals surface area contributed by atoms with Crippen LogP contribution in [-0.2, 0) is 27.4 Å². The van der Waals surface area contributed by atoms with Crippen molar-refractivity contribution >= 4 is 45.9 Å². The molecule has 4 aromatic carbocycles. The smallest absolute Gasteiger partial charge is 0.255 e. The van der Waals surface area contributed by atoms with E-state index in [9.17, 15) is 19.5 Å². The van der Waals surface area contributed by atoms with Crippen LogP contribution in [0.4, 0.5) is 5.82 Å². The van der Waals surface area contributed by atoms with Gasteiger partial charge < -0.3 is 45.1 Å². The molecule has 3 aliphatic heterocycles. The highest BCUT2D eigenvalue weighted by atomic mass is 32.1. The van der Waals surface area contributed by atoms with Crippen LogP contribution in [0.5, 0.6) is 17.2 Å². The average molecular weight is 1060 g/mol. The lowest BCUT2D eigenvalue weighted by molar-refractivity contribution is -0.143. The van der Waals surface area contributed by atoms with Gasteiger partial charge in [0.2, 0.25) is 11.8 Å². The van der Waals surface area contributed by atoms with Crippen molar-refractivity contribution in [3.05, 3.63) is 131 Å². The third-order valence-electron chi connectivity index (χ3n) is 14.9. The number of carbonyl (C=O) groups is 3. The van der Waals surface area contributed by atoms with Gasteiger partial charge in [-0.1, -0.05) is 62.4 Å². The van der Waals surface area contributed by atoms with Crippen molar-refractivity contribution in [3.63, 3.8) is 0 Å². The van der Waals surface area contributed by atoms with Crippen LogP contribution in [0.3, 0.4) is 0 Å². The molecule has 3 aliphatic rings. The predicted molar refractivity (Wildman–Crippen MR) is 296 cm³/mol. The van der Waals surface area contributed by atoms with E-state index in [1.807, 2.05) is 117 Å². The second-order valence-electron chi connectivity index (χ2n) is 20.6. The molecule has 7 aromatic rings. The number of para-hydroxylation sites is 1. The largest absolute Gasteiger partial charge is 0.493 e. The standard InChI is InChI=1S/C59H68N10O7S/c1-38(2)53(68-34-43-13-7-8-16-48(43)58(68)72)59(73)67-35-45(70)32-49(67)57(71)61-33-42-18-17-41(54-39(3)64-37-77-54)31-50(42)75-30-12-11-29-74-28-10-9-25-66-26-23-44(24-27-66)69-56-51(55(60)62-36-63-56)52(65-69)40-19-21-47(22-20-40)76-46-14-5-4-6-15-46/h4-8,13-22,31,36-38,44-45,49,53,70H,9-12,23-30,32-35H2,1-3H3,(H,61,71)(H2,60,62,63)/t45?,49?,53-/m0/s1. The first-order valence-corrected chi connectivity index (χ1v) is 27.8. The second-order valence-corrected chi connectivity index (χ2v) is 21.5. The van der Waals surface area contributed by atoms with Crippen LogP contribution < -0.4 is 20.5 Å². The van der Waals surface area contributed by atoms with E-state index in [4.69, 9.17) is 25.0 Å². The third kappa shape index (κ3) is 12.2. The molecule has 3 aromatic heterocycles. The number of unbranched alkanes of at least 4 members (excludes halogenated alkanes) is 2. The second kappa shape index (κ2) is 24.4. The summed E-state index contributed by atoms with van der Waals surface area (Å²) < 4.78 is 20.6. The van der Waals surface area contributed by atoms with Gasteiger partial charge in [0.25, 0.3) is 5.91 Å². The van der Waals surface area contributed by atoms with Gasteiger partial charge in [0.05, 0.1) is 40.2 Å². The number of piperidine rings is 1. The number of carbonyl (C=O) groups excluding carboxylic acids is 3. The molecule has 77 heavy (non-hydrogen) atoms. The maximum absolute atomic E-state index is 14.3. The summed E-state index contributed by atoms with van der Waals surface area (Å²) >= 11 is 1.56. The van der Waals surface area contributed by atoms with Gasteiger partial charge in [0, 0.05) is 69.0 Å². The number of aryl methyl sites for hydroxylation is 1. The zero-order valence-electron chi connectivity index (χ0n) is 44.1. The number of fused-ring (bicyclic) bond motifs is 2. The zero-order chi connectivity index (χ0) is 53.4. The lowest BCUT2D eigenvalue weighted by Crippen LogP contribution is -2.55. The van der Waals surface area contributed by atoms with Crippen molar-refractivity contribution in [2.24, 2.45) is 5.92 Å². The van der Waals surface area contributed by atoms with Gasteiger partial charge in [-0.05, 0) is 118 Å². The Labute approximate surface area is 453 Å². The molecule has 0 aliphatic carbocycles. The van der Waals surface area contributed by atoms with Crippen molar-refractivity contribution in [3.8, 4) is 38.9 Å². The van der Waals surface area contributed by atoms with E-state index in [2.05, 4.69) is 29.9 Å². The molecule has 10 rings (SSSR count). The normalized spacial score (nSPS) is 17.3. The van der Waals surface area contributed by atoms with Crippen molar-refractivity contribution < 1.29 is 33.7 Å². The van der Waals surface area contributed by atoms with E-state index in [1.165, 1.54) is 11.2 Å². The van der Waals surface area contributed by atoms with E-state index in [1.54, 1.807) is 22.3 Å². The Bertz CT molecular complexity index is 3160. The number of thiazole rings is 1. The summed E-state index contributed by atoms with van der Waals surface area (Å²) in [6, 6.07) is 29.5. The average Bonchev–Trinajstić information content (AvgIpc) is 4.30. The summed E-state index contributed by atoms with van der Waals surface area (Å²) in [7, 11) is 0. The number of anilines is 1. The molecule has 17 nitrogen and oxygen atoms in total. The Balaban J connectivity index is 0.663. The SMILES string of the molecule is Cc1ncsc1-c1ccc(CNC(=O)C2CC(O)CN2C(=O)[C@H](C(C)C)N2Cc3ccccc3C2=O)c(OCCCCOCCCCN2CCC(n3nc(-c4ccc(Oc5ccccc5)cc4)c4c(N)ncnc43)CC2)c1. The lowest BCUT2D eigenvalue weighted by Gasteiger charge is -2.35. The van der Waals surface area contributed by atoms with E-state index in [0.29, 0.717) is 43.5 Å². The molecule has 2 unspecified atom stereocenters. The molecule has 3 amide bonds. The van der Waals surface area contributed by atoms with Gasteiger partial charge in [-0.25, -0.2) is 19.6 Å². The molecule has 0 saturated carbocycles. The molecule has 2 fully saturated rings. The quantitative estimate of drug-likeness (QED) is 0.0544. The van der Waals surface area contributed by atoms with E-state index in [-0.39, 0.29) is 49.2 Å². The van der Waals surface area contributed by atoms with Crippen molar-refractivity contribution in [1.82, 2.24) is 44.7 Å². The highest BCUT2D eigenvalue weighted by Crippen LogP contribution is 2.37. The summed E-state index contributed by atoms with van der Waals surface area (Å²) in [4.78, 5) is 61.8. The Morgan fingerprint density at radius 1 is 0.870 bits per heavy atom. The Morgan fingerprint density at radius 3 is 2.35 bits per heavy atom. The number of nitrogens with two attached hydrogens (primary N) is 1. The number of benzene rings is 4. The van der Waals surface area contributed by atoms with Crippen molar-refractivity contribution in [2.45, 2.75) is 103 Å². The van der Waals surface area contributed by atoms with Gasteiger partial charge in [-0.15, -0.1) is 11.3 Å². The first-order chi connectivity index (χ1) is 37.5. The van der Waals surface area contributed by atoms with Crippen LogP contribution >= 0.6 is 11.3 Å². The number of rotatable bonds is 22. The molecule has 2 saturated heterocycles. The molecule has 402 valence electrons. The van der Waals surface area contributed by atoms with Crippen LogP contribution in [0, 0.1) is 12.8 Å². The van der Waals surface area contributed by atoms with Gasteiger partial charge in [0.1, 0.15) is 47.2 Å². The van der Waals surface area contributed by atoms with Crippen LogP contribution in [-0.4, -0.2) is 126 Å². The van der Waals surface area contributed by atoms with Gasteiger partial charge in [0.15, 0.2) is 5.65 Å². The van der Waals surface area contributed by atoms with Crippen LogP contribution in [0.25, 0.3) is 32.7 Å². The number of aliphatic hydroxyl groups is 1. The minimum atomic E-state index is -0.889. The Kier molecular flexibility index (Phi) is 16.8. The predicted octanol–water partition coefficient (Wildman–Crippen LogP) is 8.85. The maximum atomic E-state index is 14.3. The maximum Gasteiger partial charge on any atom is 0.255 e. The third-order valence-corrected chi connectivity index (χ3v) is 15.9. The number of hydrogen-bond donors (Lipinski definition) is 3. The van der Waals surface area contributed by atoms with E-state index in [0.717, 1.165) is 119 Å². The number of aromatic nitrogens is 5. The molecule has 0 spiro atoms. The number of amides is 3. The fourth-order valence-electron chi connectivity index (χ4n) is 10.9. The van der Waals surface area contributed by atoms with Crippen LogP contribution in [0.1, 0.15) is 92.0 Å². The number of β-amino-alcohol motifs (C(OH)–C–C–N with tert-alkyl or cyclic N) is 1. The van der Waals surface area contributed by atoms with E-state index >= 15 is 0 Å². The highest BCUT2D eigenvalue weighted by Gasteiger charge is 2.46. The highest BCUT2D eigenvalue weighted by molar-refractivity contribution is 7.13. The molecular formula is C59H68N10O7S. The topological polar surface area (TPSA) is 203 Å². The molecule has 6 heterocycles. The number of nitrogens with one attached hydrogen (secondary N) is 1. The first kappa shape index (κ1) is 53.2. The van der Waals surface area contributed by atoms with Crippen LogP contribution in [0.15, 0.2) is 109 Å². The van der Waals surface area contributed by atoms with Gasteiger partial charge >= 0.3 is 0 Å². The number of aliphatic hydroxyl groups excluding tert-OH is 1. The number of nitrogen functional groups attached to an aromatic ring is 1. The molecule has 0 bridgehead atoms. The Hall–Kier alpha value is -7.25. The van der Waals surface area contributed by atoms with Gasteiger partial charge in [-0.2, -0.15) is 5.10 Å². The minimum Gasteiger partial charge on any atom is -0.493 e. The fraction of sp³-hybridized carbons (Fsp3) is 0.407. The number of hydrogen-bond acceptors (Lipinski definition) is 14. The number of nitrogens with zero attached hydrogens (tertiary/aromatic N) is 8. The molecular weight excluding hydrogens is 993 g/mol. The first-order valence-electron chi connectivity index (χ1n) is 26.9. The number of likely N-dealkylation sites (tertiary alicyclic amines) is 2. The van der Waals surface area contributed by atoms with Gasteiger partial charge in [-0.3, -0.25) is 14.4 Å². The molecule has 0 radical (unpaired) electrons. The fourth-order valence-corrected chi connectivity index (χ4v) is 11.7. The monoisotopic (exact) mass is 1060 g/mol. The molecule has 3 atom stereocenters. The zero-order valence-corrected chi connectivity index (χ0v) is 44.9. The van der Waals surface area contributed by atoms with Crippen molar-refractivity contribution in [1.29, 1.82) is 0 Å². The summed E-state index contributed by atoms with van der Waals surface area (Å²) in [5, 5.41) is 19.7. The Morgan fingerprint density at radius 2 is 1.60 bits per heavy atom. The lowest BCUT2D eigenvalue weighted by atomic mass is 10.0. The summed E-state index contributed by atoms with van der Waals surface area (Å²) in [6.07, 6.45) is 6.32. The van der Waals surface area contributed by atoms with Crippen molar-refractivity contribution in [2.75, 3.05) is 51.7 Å². The summed E-state index contributed by atoms with van der Waals surface area (Å²) in [5.41, 5.74) is 14.9. The number of ether oxygens (including phenoxy) is 3. The molecule has 18 heteroatoms. The summed E-state index contributed by atoms with van der Waals surface area (Å²) in [5.74, 6) is 1.47. The van der Waals surface area contributed by atoms with E-state index < -0.39 is 18.2 Å². The minimum absolute atomic E-state index is 0.0157. The summed E-state index contributed by atoms with van der Waals surface area (Å²) in [6.45, 7) is 11.0. The molecule has 4 N–H and O–H groups in total.